The molecule has 0 radical (unpaired) electrons. The first-order chi connectivity index (χ1) is 9.10. The van der Waals surface area contributed by atoms with Crippen molar-refractivity contribution in [3.63, 3.8) is 0 Å². The fourth-order valence-corrected chi connectivity index (χ4v) is 2.32. The quantitative estimate of drug-likeness (QED) is 0.901. The Labute approximate surface area is 116 Å². The highest BCUT2D eigenvalue weighted by molar-refractivity contribution is 7.14. The zero-order valence-corrected chi connectivity index (χ0v) is 11.8. The molecule has 100 valence electrons. The van der Waals surface area contributed by atoms with Crippen LogP contribution < -0.4 is 11.1 Å². The van der Waals surface area contributed by atoms with Gasteiger partial charge in [0.2, 0.25) is 5.91 Å². The number of amides is 1. The third kappa shape index (κ3) is 3.39. The number of aryl methyl sites for hydroxylation is 1. The molecule has 1 aromatic carbocycles. The van der Waals surface area contributed by atoms with Crippen LogP contribution >= 0.6 is 11.3 Å². The van der Waals surface area contributed by atoms with E-state index >= 15 is 0 Å². The number of nitrogens with zero attached hydrogens (tertiary/aromatic N) is 1. The number of benzene rings is 1. The normalized spacial score (nSPS) is 12.2. The van der Waals surface area contributed by atoms with Gasteiger partial charge >= 0.3 is 0 Å². The number of nitrogens with two attached hydrogens (primary N) is 1. The van der Waals surface area contributed by atoms with Crippen LogP contribution in [0.5, 0.6) is 0 Å². The number of carbonyl (C=O) groups excluding carboxylic acids is 1. The molecule has 0 fully saturated rings. The van der Waals surface area contributed by atoms with E-state index in [0.717, 1.165) is 17.7 Å². The monoisotopic (exact) mass is 275 g/mol. The summed E-state index contributed by atoms with van der Waals surface area (Å²) in [5.41, 5.74) is 8.71. The van der Waals surface area contributed by atoms with E-state index < -0.39 is 6.04 Å². The number of carbonyl (C=O) groups is 1. The van der Waals surface area contributed by atoms with Crippen molar-refractivity contribution >= 4 is 22.4 Å². The minimum atomic E-state index is -0.531. The Morgan fingerprint density at radius 1 is 1.42 bits per heavy atom. The lowest BCUT2D eigenvalue weighted by atomic mass is 10.1. The van der Waals surface area contributed by atoms with Crippen molar-refractivity contribution in [2.45, 2.75) is 26.3 Å². The maximum Gasteiger partial charge on any atom is 0.242 e. The summed E-state index contributed by atoms with van der Waals surface area (Å²) in [5, 5.41) is 5.21. The molecule has 0 aliphatic carbocycles. The molecule has 0 saturated heterocycles. The molecule has 0 unspecified atom stereocenters. The number of hydrogen-bond acceptors (Lipinski definition) is 4. The zero-order chi connectivity index (χ0) is 13.8. The molecule has 1 amide bonds. The average molecular weight is 275 g/mol. The molecule has 1 heterocycles. The average Bonchev–Trinajstić information content (AvgIpc) is 2.87. The highest BCUT2D eigenvalue weighted by atomic mass is 32.1. The molecule has 1 atom stereocenters. The van der Waals surface area contributed by atoms with Gasteiger partial charge in [-0.3, -0.25) is 4.79 Å². The van der Waals surface area contributed by atoms with Crippen molar-refractivity contribution < 1.29 is 4.79 Å². The molecule has 3 N–H and O–H groups in total. The summed E-state index contributed by atoms with van der Waals surface area (Å²) in [4.78, 5) is 15.9. The molecule has 0 spiro atoms. The highest BCUT2D eigenvalue weighted by Gasteiger charge is 2.10. The van der Waals surface area contributed by atoms with Gasteiger partial charge in [-0.25, -0.2) is 4.98 Å². The third-order valence-corrected chi connectivity index (χ3v) is 3.56. The molecule has 5 heteroatoms. The second kappa shape index (κ2) is 5.95. The van der Waals surface area contributed by atoms with E-state index in [1.54, 1.807) is 6.92 Å². The predicted octanol–water partition coefficient (Wildman–Crippen LogP) is 2.66. The van der Waals surface area contributed by atoms with Gasteiger partial charge in [-0.05, 0) is 18.9 Å². The van der Waals surface area contributed by atoms with E-state index in [9.17, 15) is 4.79 Å². The van der Waals surface area contributed by atoms with Crippen LogP contribution in [0.2, 0.25) is 0 Å². The van der Waals surface area contributed by atoms with Gasteiger partial charge in [-0.2, -0.15) is 0 Å². The van der Waals surface area contributed by atoms with E-state index in [2.05, 4.69) is 29.4 Å². The maximum atomic E-state index is 11.5. The third-order valence-electron chi connectivity index (χ3n) is 2.81. The molecule has 2 rings (SSSR count). The van der Waals surface area contributed by atoms with Crippen molar-refractivity contribution in [2.75, 3.05) is 5.32 Å². The summed E-state index contributed by atoms with van der Waals surface area (Å²) in [6, 6.07) is 7.75. The molecule has 2 aromatic rings. The van der Waals surface area contributed by atoms with Gasteiger partial charge in [0.05, 0.1) is 11.7 Å². The van der Waals surface area contributed by atoms with Gasteiger partial charge in [-0.1, -0.05) is 31.2 Å². The molecule has 19 heavy (non-hydrogen) atoms. The van der Waals surface area contributed by atoms with Gasteiger partial charge in [0, 0.05) is 10.9 Å². The second-order valence-electron chi connectivity index (χ2n) is 4.37. The van der Waals surface area contributed by atoms with E-state index in [-0.39, 0.29) is 5.91 Å². The summed E-state index contributed by atoms with van der Waals surface area (Å²) >= 11 is 1.40. The lowest BCUT2D eigenvalue weighted by Crippen LogP contribution is -2.32. The fourth-order valence-electron chi connectivity index (χ4n) is 1.59. The van der Waals surface area contributed by atoms with Crippen LogP contribution in [0.4, 0.5) is 5.13 Å². The zero-order valence-electron chi connectivity index (χ0n) is 11.0. The van der Waals surface area contributed by atoms with Gasteiger partial charge in [-0.15, -0.1) is 11.3 Å². The summed E-state index contributed by atoms with van der Waals surface area (Å²) in [7, 11) is 0. The fraction of sp³-hybridized carbons (Fsp3) is 0.286. The van der Waals surface area contributed by atoms with Gasteiger partial charge < -0.3 is 11.1 Å². The van der Waals surface area contributed by atoms with Gasteiger partial charge in [0.25, 0.3) is 0 Å². The topological polar surface area (TPSA) is 68.0 Å². The smallest absolute Gasteiger partial charge is 0.242 e. The number of thiazole rings is 1. The van der Waals surface area contributed by atoms with Crippen molar-refractivity contribution in [2.24, 2.45) is 5.73 Å². The highest BCUT2D eigenvalue weighted by Crippen LogP contribution is 2.25. The second-order valence-corrected chi connectivity index (χ2v) is 5.22. The number of nitrogens with one attached hydrogen (secondary N) is 1. The Bertz CT molecular complexity index is 560. The molecule has 0 aliphatic heterocycles. The number of aromatic nitrogens is 1. The molecular formula is C14H17N3OS. The predicted molar refractivity (Wildman–Crippen MR) is 79.2 cm³/mol. The Kier molecular flexibility index (Phi) is 4.29. The first kappa shape index (κ1) is 13.7. The van der Waals surface area contributed by atoms with Crippen molar-refractivity contribution in [3.05, 3.63) is 35.2 Å². The van der Waals surface area contributed by atoms with Gasteiger partial charge in [0.15, 0.2) is 5.13 Å². The number of hydrogen-bond donors (Lipinski definition) is 2. The standard InChI is InChI=1S/C14H17N3OS/c1-3-10-4-6-11(7-5-10)12-8-19-14(16-12)17-13(18)9(2)15/h4-9H,3,15H2,1-2H3,(H,16,17,18)/t9-/m0/s1. The number of anilines is 1. The van der Waals surface area contributed by atoms with Crippen LogP contribution in [0.1, 0.15) is 19.4 Å². The van der Waals surface area contributed by atoms with E-state index in [4.69, 9.17) is 5.73 Å². The van der Waals surface area contributed by atoms with Crippen molar-refractivity contribution in [1.82, 2.24) is 4.98 Å². The molecule has 4 nitrogen and oxygen atoms in total. The van der Waals surface area contributed by atoms with Crippen LogP contribution in [-0.4, -0.2) is 16.9 Å². The first-order valence-electron chi connectivity index (χ1n) is 6.21. The van der Waals surface area contributed by atoms with Crippen LogP contribution in [0, 0.1) is 0 Å². The van der Waals surface area contributed by atoms with E-state index in [1.165, 1.54) is 16.9 Å². The summed E-state index contributed by atoms with van der Waals surface area (Å²) in [6.07, 6.45) is 1.02. The molecule has 1 aromatic heterocycles. The molecule has 0 aliphatic rings. The maximum absolute atomic E-state index is 11.5. The summed E-state index contributed by atoms with van der Waals surface area (Å²) < 4.78 is 0. The number of rotatable bonds is 4. The Hall–Kier alpha value is -1.72. The first-order valence-corrected chi connectivity index (χ1v) is 7.09. The van der Waals surface area contributed by atoms with Crippen LogP contribution in [0.15, 0.2) is 29.6 Å². The summed E-state index contributed by atoms with van der Waals surface area (Å²) in [5.74, 6) is -0.220. The van der Waals surface area contributed by atoms with Gasteiger partial charge in [0.1, 0.15) is 0 Å². The van der Waals surface area contributed by atoms with Crippen LogP contribution in [0.3, 0.4) is 0 Å². The molecule has 0 bridgehead atoms. The lowest BCUT2D eigenvalue weighted by Gasteiger charge is -2.03. The minimum absolute atomic E-state index is 0.220. The largest absolute Gasteiger partial charge is 0.320 e. The SMILES string of the molecule is CCc1ccc(-c2csc(NC(=O)[C@H](C)N)n2)cc1. The van der Waals surface area contributed by atoms with Crippen LogP contribution in [-0.2, 0) is 11.2 Å². The van der Waals surface area contributed by atoms with Crippen molar-refractivity contribution in [1.29, 1.82) is 0 Å². The Balaban J connectivity index is 2.13. The Morgan fingerprint density at radius 2 is 2.11 bits per heavy atom. The van der Waals surface area contributed by atoms with E-state index in [1.807, 2.05) is 17.5 Å². The van der Waals surface area contributed by atoms with Crippen LogP contribution in [0.25, 0.3) is 11.3 Å². The minimum Gasteiger partial charge on any atom is -0.320 e. The Morgan fingerprint density at radius 3 is 2.68 bits per heavy atom. The summed E-state index contributed by atoms with van der Waals surface area (Å²) in [6.45, 7) is 3.77. The lowest BCUT2D eigenvalue weighted by molar-refractivity contribution is -0.117. The van der Waals surface area contributed by atoms with E-state index in [0.29, 0.717) is 5.13 Å². The molecule has 0 saturated carbocycles. The molecular weight excluding hydrogens is 258 g/mol. The van der Waals surface area contributed by atoms with Crippen molar-refractivity contribution in [3.8, 4) is 11.3 Å².